The molecular formula is C13H16N2O4. The van der Waals surface area contributed by atoms with E-state index >= 15 is 0 Å². The van der Waals surface area contributed by atoms with Crippen LogP contribution in [0.3, 0.4) is 0 Å². The highest BCUT2D eigenvalue weighted by molar-refractivity contribution is 6.00. The van der Waals surface area contributed by atoms with Crippen LogP contribution in [0.5, 0.6) is 0 Å². The summed E-state index contributed by atoms with van der Waals surface area (Å²) < 4.78 is 5.37. The van der Waals surface area contributed by atoms with E-state index in [1.54, 1.807) is 7.11 Å². The third kappa shape index (κ3) is 2.90. The topological polar surface area (TPSA) is 88.5 Å². The molecule has 0 unspecified atom stereocenters. The Balaban J connectivity index is 2.05. The van der Waals surface area contributed by atoms with E-state index in [1.807, 2.05) is 0 Å². The lowest BCUT2D eigenvalue weighted by molar-refractivity contribution is -0.129. The first-order valence-corrected chi connectivity index (χ1v) is 6.09. The fourth-order valence-corrected chi connectivity index (χ4v) is 2.19. The molecule has 102 valence electrons. The van der Waals surface area contributed by atoms with Crippen molar-refractivity contribution in [1.29, 1.82) is 0 Å². The fraction of sp³-hybridized carbons (Fsp3) is 0.462. The zero-order chi connectivity index (χ0) is 13.9. The molecule has 0 aliphatic heterocycles. The van der Waals surface area contributed by atoms with Gasteiger partial charge in [0.1, 0.15) is 0 Å². The van der Waals surface area contributed by atoms with Gasteiger partial charge in [0, 0.05) is 13.3 Å². The molecule has 1 fully saturated rings. The smallest absolute Gasteiger partial charge is 0.337 e. The number of amides is 1. The van der Waals surface area contributed by atoms with Gasteiger partial charge in [-0.3, -0.25) is 9.78 Å². The highest BCUT2D eigenvalue weighted by Crippen LogP contribution is 2.38. The lowest BCUT2D eigenvalue weighted by Gasteiger charge is -2.39. The van der Waals surface area contributed by atoms with Crippen molar-refractivity contribution in [2.24, 2.45) is 0 Å². The molecule has 2 rings (SSSR count). The molecule has 1 heterocycles. The van der Waals surface area contributed by atoms with Crippen molar-refractivity contribution in [3.63, 3.8) is 0 Å². The van der Waals surface area contributed by atoms with Crippen molar-refractivity contribution in [3.05, 3.63) is 24.0 Å². The van der Waals surface area contributed by atoms with Crippen molar-refractivity contribution < 1.29 is 19.4 Å². The van der Waals surface area contributed by atoms with Crippen LogP contribution < -0.4 is 5.32 Å². The predicted molar refractivity (Wildman–Crippen MR) is 68.0 cm³/mol. The van der Waals surface area contributed by atoms with Crippen LogP contribution in [0.2, 0.25) is 0 Å². The number of ether oxygens (including phenoxy) is 1. The average Bonchev–Trinajstić information content (AvgIpc) is 2.34. The molecule has 1 saturated carbocycles. The second-order valence-electron chi connectivity index (χ2n) is 4.69. The molecular weight excluding hydrogens is 248 g/mol. The summed E-state index contributed by atoms with van der Waals surface area (Å²) in [4.78, 5) is 26.8. The summed E-state index contributed by atoms with van der Waals surface area (Å²) in [5.41, 5.74) is -0.135. The fourth-order valence-electron chi connectivity index (χ4n) is 2.19. The number of carboxylic acids is 1. The molecule has 19 heavy (non-hydrogen) atoms. The van der Waals surface area contributed by atoms with Crippen LogP contribution in [0, 0.1) is 0 Å². The Labute approximate surface area is 110 Å². The minimum absolute atomic E-state index is 0.0310. The van der Waals surface area contributed by atoms with Crippen molar-refractivity contribution in [2.75, 3.05) is 12.4 Å². The van der Waals surface area contributed by atoms with Gasteiger partial charge in [0.25, 0.3) is 0 Å². The number of carbonyl (C=O) groups excluding carboxylic acids is 1. The average molecular weight is 264 g/mol. The molecule has 1 amide bonds. The van der Waals surface area contributed by atoms with Crippen LogP contribution in [-0.4, -0.2) is 34.7 Å². The summed E-state index contributed by atoms with van der Waals surface area (Å²) in [6.07, 6.45) is 5.71. The van der Waals surface area contributed by atoms with E-state index in [0.29, 0.717) is 0 Å². The van der Waals surface area contributed by atoms with E-state index < -0.39 is 5.97 Å². The van der Waals surface area contributed by atoms with Gasteiger partial charge in [0.2, 0.25) is 5.91 Å². The van der Waals surface area contributed by atoms with Crippen LogP contribution in [0.15, 0.2) is 18.5 Å². The van der Waals surface area contributed by atoms with Gasteiger partial charge in [0.05, 0.1) is 29.5 Å². The third-order valence-corrected chi connectivity index (χ3v) is 3.51. The molecule has 1 aliphatic carbocycles. The second kappa shape index (κ2) is 5.36. The standard InChI is InChI=1S/C13H16N2O4/c1-19-13(4-2-5-13)7-11(16)15-10-8-14-6-3-9(10)12(17)18/h3,6,8H,2,4-5,7H2,1H3,(H,15,16)(H,17,18). The molecule has 6 nitrogen and oxygen atoms in total. The number of carbonyl (C=O) groups is 2. The minimum Gasteiger partial charge on any atom is -0.478 e. The number of aromatic carboxylic acids is 1. The van der Waals surface area contributed by atoms with Gasteiger partial charge in [-0.25, -0.2) is 4.79 Å². The molecule has 0 atom stereocenters. The molecule has 1 aromatic heterocycles. The highest BCUT2D eigenvalue weighted by Gasteiger charge is 2.39. The molecule has 0 spiro atoms. The summed E-state index contributed by atoms with van der Waals surface area (Å²) in [5.74, 6) is -1.35. The van der Waals surface area contributed by atoms with E-state index in [1.165, 1.54) is 18.5 Å². The number of nitrogens with zero attached hydrogens (tertiary/aromatic N) is 1. The summed E-state index contributed by atoms with van der Waals surface area (Å²) in [7, 11) is 1.60. The Hall–Kier alpha value is -1.95. The van der Waals surface area contributed by atoms with Gasteiger partial charge in [-0.1, -0.05) is 0 Å². The maximum atomic E-state index is 11.9. The normalized spacial score (nSPS) is 16.5. The van der Waals surface area contributed by atoms with E-state index in [9.17, 15) is 9.59 Å². The minimum atomic E-state index is -1.09. The van der Waals surface area contributed by atoms with E-state index in [-0.39, 0.29) is 29.2 Å². The quantitative estimate of drug-likeness (QED) is 0.844. The zero-order valence-electron chi connectivity index (χ0n) is 10.7. The molecule has 1 aliphatic rings. The molecule has 2 N–H and O–H groups in total. The number of hydrogen-bond donors (Lipinski definition) is 2. The van der Waals surface area contributed by atoms with Gasteiger partial charge < -0.3 is 15.2 Å². The molecule has 0 radical (unpaired) electrons. The van der Waals surface area contributed by atoms with Gasteiger partial charge in [-0.15, -0.1) is 0 Å². The summed E-state index contributed by atoms with van der Waals surface area (Å²) in [6.45, 7) is 0. The maximum Gasteiger partial charge on any atom is 0.337 e. The van der Waals surface area contributed by atoms with Crippen molar-refractivity contribution >= 4 is 17.6 Å². The molecule has 0 aromatic carbocycles. The van der Waals surface area contributed by atoms with E-state index in [0.717, 1.165) is 19.3 Å². The number of carboxylic acid groups (broad SMARTS) is 1. The maximum absolute atomic E-state index is 11.9. The number of nitrogens with one attached hydrogen (secondary N) is 1. The van der Waals surface area contributed by atoms with Gasteiger partial charge in [0.15, 0.2) is 0 Å². The van der Waals surface area contributed by atoms with Crippen LogP contribution in [0.1, 0.15) is 36.0 Å². The van der Waals surface area contributed by atoms with Gasteiger partial charge >= 0.3 is 5.97 Å². The molecule has 6 heteroatoms. The second-order valence-corrected chi connectivity index (χ2v) is 4.69. The van der Waals surface area contributed by atoms with Crippen LogP contribution in [0.4, 0.5) is 5.69 Å². The third-order valence-electron chi connectivity index (χ3n) is 3.51. The first-order chi connectivity index (χ1) is 9.06. The molecule has 0 saturated heterocycles. The number of hydrogen-bond acceptors (Lipinski definition) is 4. The summed E-state index contributed by atoms with van der Waals surface area (Å²) >= 11 is 0. The Morgan fingerprint density at radius 1 is 1.53 bits per heavy atom. The van der Waals surface area contributed by atoms with Crippen LogP contribution >= 0.6 is 0 Å². The Morgan fingerprint density at radius 2 is 2.26 bits per heavy atom. The number of aromatic nitrogens is 1. The Bertz CT molecular complexity index is 492. The van der Waals surface area contributed by atoms with Crippen molar-refractivity contribution in [3.8, 4) is 0 Å². The van der Waals surface area contributed by atoms with E-state index in [2.05, 4.69) is 10.3 Å². The summed E-state index contributed by atoms with van der Waals surface area (Å²) in [6, 6.07) is 1.35. The first kappa shape index (κ1) is 13.5. The molecule has 0 bridgehead atoms. The largest absolute Gasteiger partial charge is 0.478 e. The number of pyridine rings is 1. The number of anilines is 1. The predicted octanol–water partition coefficient (Wildman–Crippen LogP) is 1.68. The first-order valence-electron chi connectivity index (χ1n) is 6.09. The summed E-state index contributed by atoms with van der Waals surface area (Å²) in [5, 5.41) is 11.6. The Kier molecular flexibility index (Phi) is 3.80. The lowest BCUT2D eigenvalue weighted by Crippen LogP contribution is -2.42. The Morgan fingerprint density at radius 3 is 2.79 bits per heavy atom. The highest BCUT2D eigenvalue weighted by atomic mass is 16.5. The zero-order valence-corrected chi connectivity index (χ0v) is 10.7. The van der Waals surface area contributed by atoms with Gasteiger partial charge in [-0.05, 0) is 25.3 Å². The lowest BCUT2D eigenvalue weighted by atomic mass is 9.77. The van der Waals surface area contributed by atoms with Crippen molar-refractivity contribution in [1.82, 2.24) is 4.98 Å². The monoisotopic (exact) mass is 264 g/mol. The van der Waals surface area contributed by atoms with Crippen molar-refractivity contribution in [2.45, 2.75) is 31.3 Å². The SMILES string of the molecule is COC1(CC(=O)Nc2cnccc2C(=O)O)CCC1. The number of rotatable bonds is 5. The van der Waals surface area contributed by atoms with E-state index in [4.69, 9.17) is 9.84 Å². The number of methoxy groups -OCH3 is 1. The van der Waals surface area contributed by atoms with Crippen LogP contribution in [0.25, 0.3) is 0 Å². The van der Waals surface area contributed by atoms with Gasteiger partial charge in [-0.2, -0.15) is 0 Å². The molecule has 1 aromatic rings. The van der Waals surface area contributed by atoms with Crippen LogP contribution in [-0.2, 0) is 9.53 Å².